The highest BCUT2D eigenvalue weighted by atomic mass is 79.9. The number of para-hydroxylation sites is 1. The van der Waals surface area contributed by atoms with Crippen molar-refractivity contribution in [3.05, 3.63) is 58.1 Å². The zero-order valence-corrected chi connectivity index (χ0v) is 14.0. The predicted octanol–water partition coefficient (Wildman–Crippen LogP) is 4.69. The summed E-state index contributed by atoms with van der Waals surface area (Å²) >= 11 is 15.0. The minimum atomic E-state index is -3.73. The van der Waals surface area contributed by atoms with Crippen LogP contribution in [0.15, 0.2) is 47.4 Å². The summed E-state index contributed by atoms with van der Waals surface area (Å²) in [5.41, 5.74) is 1.35. The summed E-state index contributed by atoms with van der Waals surface area (Å²) in [6.07, 6.45) is 0. The number of nitrogens with one attached hydrogen (secondary N) is 1. The molecule has 0 aromatic heterocycles. The molecule has 3 nitrogen and oxygen atoms in total. The molecule has 20 heavy (non-hydrogen) atoms. The number of sulfonamides is 1. The standard InChI is InChI=1S/C13H10BrCl2NO2S/c14-8-9-3-1-2-4-13(9)17-20(18,19)12-6-10(15)5-11(16)7-12/h1-7,17H,8H2. The minimum absolute atomic E-state index is 0.0272. The van der Waals surface area contributed by atoms with E-state index in [1.165, 1.54) is 18.2 Å². The molecule has 1 N–H and O–H groups in total. The summed E-state index contributed by atoms with van der Waals surface area (Å²) < 4.78 is 27.2. The Balaban J connectivity index is 2.41. The van der Waals surface area contributed by atoms with Crippen LogP contribution in [0.5, 0.6) is 0 Å². The van der Waals surface area contributed by atoms with Crippen LogP contribution in [0.25, 0.3) is 0 Å². The molecule has 0 bridgehead atoms. The second-order valence-corrected chi connectivity index (χ2v) is 7.12. The van der Waals surface area contributed by atoms with E-state index in [9.17, 15) is 8.42 Å². The molecule has 0 heterocycles. The molecule has 0 amide bonds. The lowest BCUT2D eigenvalue weighted by Crippen LogP contribution is -2.14. The molecule has 2 aromatic rings. The average molecular weight is 395 g/mol. The quantitative estimate of drug-likeness (QED) is 0.764. The molecule has 0 aliphatic carbocycles. The third kappa shape index (κ3) is 3.67. The predicted molar refractivity (Wildman–Crippen MR) is 86.3 cm³/mol. The number of hydrogen-bond acceptors (Lipinski definition) is 2. The average Bonchev–Trinajstić information content (AvgIpc) is 2.38. The third-order valence-corrected chi connectivity index (χ3v) is 4.94. The summed E-state index contributed by atoms with van der Waals surface area (Å²) in [5, 5.41) is 1.08. The number of anilines is 1. The summed E-state index contributed by atoms with van der Waals surface area (Å²) in [6.45, 7) is 0. The molecule has 0 radical (unpaired) electrons. The van der Waals surface area contributed by atoms with Gasteiger partial charge in [0.25, 0.3) is 10.0 Å². The van der Waals surface area contributed by atoms with E-state index in [1.807, 2.05) is 12.1 Å². The number of halogens is 3. The largest absolute Gasteiger partial charge is 0.279 e. The highest BCUT2D eigenvalue weighted by Gasteiger charge is 2.17. The van der Waals surface area contributed by atoms with Gasteiger partial charge in [-0.2, -0.15) is 0 Å². The molecule has 106 valence electrons. The second kappa shape index (κ2) is 6.35. The van der Waals surface area contributed by atoms with Gasteiger partial charge in [-0.05, 0) is 29.8 Å². The first-order chi connectivity index (χ1) is 9.42. The van der Waals surface area contributed by atoms with Gasteiger partial charge in [0, 0.05) is 15.4 Å². The van der Waals surface area contributed by atoms with Crippen molar-refractivity contribution in [1.29, 1.82) is 0 Å². The summed E-state index contributed by atoms with van der Waals surface area (Å²) in [6, 6.07) is 11.3. The Morgan fingerprint density at radius 2 is 1.65 bits per heavy atom. The van der Waals surface area contributed by atoms with Crippen LogP contribution in [-0.4, -0.2) is 8.42 Å². The van der Waals surface area contributed by atoms with Gasteiger partial charge in [0.1, 0.15) is 0 Å². The van der Waals surface area contributed by atoms with Crippen molar-refractivity contribution in [2.75, 3.05) is 4.72 Å². The van der Waals surface area contributed by atoms with E-state index in [2.05, 4.69) is 20.7 Å². The maximum atomic E-state index is 12.3. The zero-order valence-electron chi connectivity index (χ0n) is 10.1. The van der Waals surface area contributed by atoms with E-state index < -0.39 is 10.0 Å². The molecule has 0 unspecified atom stereocenters. The SMILES string of the molecule is O=S(=O)(Nc1ccccc1CBr)c1cc(Cl)cc(Cl)c1. The Kier molecular flexibility index (Phi) is 4.96. The van der Waals surface area contributed by atoms with E-state index in [0.717, 1.165) is 5.56 Å². The number of alkyl halides is 1. The van der Waals surface area contributed by atoms with Crippen LogP contribution in [0.4, 0.5) is 5.69 Å². The van der Waals surface area contributed by atoms with Crippen LogP contribution in [0.1, 0.15) is 5.56 Å². The molecule has 0 saturated heterocycles. The summed E-state index contributed by atoms with van der Waals surface area (Å²) in [4.78, 5) is 0.0272. The maximum absolute atomic E-state index is 12.3. The van der Waals surface area contributed by atoms with E-state index in [0.29, 0.717) is 11.0 Å². The molecule has 0 atom stereocenters. The minimum Gasteiger partial charge on any atom is -0.279 e. The Morgan fingerprint density at radius 3 is 2.25 bits per heavy atom. The van der Waals surface area contributed by atoms with Gasteiger partial charge in [-0.3, -0.25) is 4.72 Å². The molecule has 0 spiro atoms. The molecule has 7 heteroatoms. The number of hydrogen-bond donors (Lipinski definition) is 1. The van der Waals surface area contributed by atoms with Gasteiger partial charge in [0.2, 0.25) is 0 Å². The van der Waals surface area contributed by atoms with Gasteiger partial charge in [0.15, 0.2) is 0 Å². The molecule has 2 aromatic carbocycles. The normalized spacial score (nSPS) is 11.3. The smallest absolute Gasteiger partial charge is 0.262 e. The third-order valence-electron chi connectivity index (χ3n) is 2.55. The van der Waals surface area contributed by atoms with Crippen molar-refractivity contribution in [3.8, 4) is 0 Å². The van der Waals surface area contributed by atoms with Gasteiger partial charge in [0.05, 0.1) is 10.6 Å². The molecule has 0 saturated carbocycles. The second-order valence-electron chi connectivity index (χ2n) is 4.00. The molecule has 0 aliphatic rings. The molecule has 2 rings (SSSR count). The molecule has 0 fully saturated rings. The van der Waals surface area contributed by atoms with Gasteiger partial charge in [-0.25, -0.2) is 8.42 Å². The molecular weight excluding hydrogens is 385 g/mol. The van der Waals surface area contributed by atoms with E-state index >= 15 is 0 Å². The topological polar surface area (TPSA) is 46.2 Å². The van der Waals surface area contributed by atoms with E-state index in [1.54, 1.807) is 12.1 Å². The van der Waals surface area contributed by atoms with Crippen LogP contribution < -0.4 is 4.72 Å². The van der Waals surface area contributed by atoms with Gasteiger partial charge >= 0.3 is 0 Å². The Labute approximate surface area is 136 Å². The Bertz CT molecular complexity index is 715. The fraction of sp³-hybridized carbons (Fsp3) is 0.0769. The van der Waals surface area contributed by atoms with Crippen LogP contribution in [0.3, 0.4) is 0 Å². The zero-order chi connectivity index (χ0) is 14.8. The number of rotatable bonds is 4. The fourth-order valence-electron chi connectivity index (χ4n) is 1.62. The fourth-order valence-corrected chi connectivity index (χ4v) is 3.94. The highest BCUT2D eigenvalue weighted by Crippen LogP contribution is 2.26. The Morgan fingerprint density at radius 1 is 1.05 bits per heavy atom. The van der Waals surface area contributed by atoms with Crippen molar-refractivity contribution >= 4 is 54.8 Å². The lowest BCUT2D eigenvalue weighted by molar-refractivity contribution is 0.601. The molecule has 0 aliphatic heterocycles. The first-order valence-electron chi connectivity index (χ1n) is 5.55. The number of benzene rings is 2. The van der Waals surface area contributed by atoms with Crippen molar-refractivity contribution in [1.82, 2.24) is 0 Å². The van der Waals surface area contributed by atoms with Crippen LogP contribution in [0.2, 0.25) is 10.0 Å². The lowest BCUT2D eigenvalue weighted by Gasteiger charge is -2.11. The van der Waals surface area contributed by atoms with Crippen molar-refractivity contribution in [2.45, 2.75) is 10.2 Å². The van der Waals surface area contributed by atoms with Crippen molar-refractivity contribution < 1.29 is 8.42 Å². The van der Waals surface area contributed by atoms with Crippen molar-refractivity contribution in [3.63, 3.8) is 0 Å². The first kappa shape index (κ1) is 15.6. The Hall–Kier alpha value is -0.750. The van der Waals surface area contributed by atoms with Gasteiger partial charge in [-0.15, -0.1) is 0 Å². The highest BCUT2D eigenvalue weighted by molar-refractivity contribution is 9.08. The van der Waals surface area contributed by atoms with Gasteiger partial charge < -0.3 is 0 Å². The van der Waals surface area contributed by atoms with Crippen molar-refractivity contribution in [2.24, 2.45) is 0 Å². The summed E-state index contributed by atoms with van der Waals surface area (Å²) in [5.74, 6) is 0. The van der Waals surface area contributed by atoms with E-state index in [-0.39, 0.29) is 14.9 Å². The first-order valence-corrected chi connectivity index (χ1v) is 8.91. The maximum Gasteiger partial charge on any atom is 0.262 e. The molecular formula is C13H10BrCl2NO2S. The van der Waals surface area contributed by atoms with Gasteiger partial charge in [-0.1, -0.05) is 57.3 Å². The van der Waals surface area contributed by atoms with Crippen LogP contribution in [-0.2, 0) is 15.4 Å². The van der Waals surface area contributed by atoms with E-state index in [4.69, 9.17) is 23.2 Å². The van der Waals surface area contributed by atoms with Crippen LogP contribution >= 0.6 is 39.1 Å². The summed E-state index contributed by atoms with van der Waals surface area (Å²) in [7, 11) is -3.73. The lowest BCUT2D eigenvalue weighted by atomic mass is 10.2. The van der Waals surface area contributed by atoms with Crippen LogP contribution in [0, 0.1) is 0 Å². The monoisotopic (exact) mass is 393 g/mol.